The molecule has 2 N–H and O–H groups in total. The molecule has 0 aliphatic heterocycles. The minimum Gasteiger partial charge on any atom is -0.424 e. The number of hydrogen-bond donors (Lipinski definition) is 2. The highest BCUT2D eigenvalue weighted by Crippen LogP contribution is 2.34. The van der Waals surface area contributed by atoms with Gasteiger partial charge < -0.3 is 20.3 Å². The zero-order valence-corrected chi connectivity index (χ0v) is 23.6. The van der Waals surface area contributed by atoms with Gasteiger partial charge in [-0.2, -0.15) is 18.3 Å². The van der Waals surface area contributed by atoms with Crippen LogP contribution in [0.4, 0.5) is 35.2 Å². The van der Waals surface area contributed by atoms with Gasteiger partial charge in [0.05, 0.1) is 40.4 Å². The van der Waals surface area contributed by atoms with Crippen LogP contribution in [0, 0.1) is 0 Å². The normalized spacial score (nSPS) is 11.8. The van der Waals surface area contributed by atoms with Gasteiger partial charge in [0.15, 0.2) is 15.5 Å². The number of ether oxygens (including phenoxy) is 1. The number of amides is 2. The van der Waals surface area contributed by atoms with Crippen LogP contribution in [0.25, 0.3) is 16.8 Å². The molecule has 0 bridgehead atoms. The first-order valence-electron chi connectivity index (χ1n) is 12.4. The lowest BCUT2D eigenvalue weighted by Crippen LogP contribution is -2.21. The molecule has 0 aliphatic carbocycles. The van der Waals surface area contributed by atoms with E-state index in [0.29, 0.717) is 23.5 Å². The molecule has 43 heavy (non-hydrogen) atoms. The Hall–Kier alpha value is -5.25. The number of benzene rings is 2. The van der Waals surface area contributed by atoms with Crippen molar-refractivity contribution in [3.63, 3.8) is 0 Å². The van der Waals surface area contributed by atoms with Gasteiger partial charge in [-0.1, -0.05) is 12.1 Å². The molecule has 0 radical (unpaired) electrons. The summed E-state index contributed by atoms with van der Waals surface area (Å²) in [5.74, 6) is 1.23. The number of hydrogen-bond acceptors (Lipinski definition) is 9. The summed E-state index contributed by atoms with van der Waals surface area (Å²) >= 11 is 0. The van der Waals surface area contributed by atoms with E-state index in [9.17, 15) is 26.4 Å². The predicted molar refractivity (Wildman–Crippen MR) is 152 cm³/mol. The monoisotopic (exact) mass is 612 g/mol. The molecular weight excluding hydrogens is 589 g/mol. The van der Waals surface area contributed by atoms with Gasteiger partial charge in [0.25, 0.3) is 0 Å². The largest absolute Gasteiger partial charge is 0.424 e. The third kappa shape index (κ3) is 6.64. The van der Waals surface area contributed by atoms with Crippen molar-refractivity contribution in [2.45, 2.75) is 11.1 Å². The van der Waals surface area contributed by atoms with E-state index in [1.54, 1.807) is 22.8 Å². The first kappa shape index (κ1) is 29.2. The highest BCUT2D eigenvalue weighted by atomic mass is 32.2. The molecule has 5 rings (SSSR count). The van der Waals surface area contributed by atoms with E-state index in [0.717, 1.165) is 29.3 Å². The fourth-order valence-electron chi connectivity index (χ4n) is 3.95. The molecule has 0 fully saturated rings. The number of halogens is 3. The molecule has 2 amide bonds. The van der Waals surface area contributed by atoms with Crippen molar-refractivity contribution in [1.82, 2.24) is 24.6 Å². The zero-order valence-electron chi connectivity index (χ0n) is 22.8. The second kappa shape index (κ2) is 11.2. The second-order valence-corrected chi connectivity index (χ2v) is 11.4. The summed E-state index contributed by atoms with van der Waals surface area (Å²) in [5.41, 5.74) is 1.02. The van der Waals surface area contributed by atoms with Crippen LogP contribution in [-0.2, 0) is 16.0 Å². The van der Waals surface area contributed by atoms with Gasteiger partial charge in [-0.05, 0) is 42.0 Å². The number of anilines is 3. The number of sulfone groups is 1. The first-order chi connectivity index (χ1) is 20.3. The van der Waals surface area contributed by atoms with Crippen LogP contribution in [0.2, 0.25) is 0 Å². The van der Waals surface area contributed by atoms with E-state index in [4.69, 9.17) is 4.74 Å². The van der Waals surface area contributed by atoms with Crippen molar-refractivity contribution in [3.8, 4) is 22.9 Å². The summed E-state index contributed by atoms with van der Waals surface area (Å²) in [6, 6.07) is 10.0. The molecular formula is C27H23F3N8O4S. The predicted octanol–water partition coefficient (Wildman–Crippen LogP) is 5.11. The Bertz CT molecular complexity index is 1910. The standard InChI is InChI=1S/C27H23F3N8O4S/c1-37(2)23-10-11-38-24(36-23)20(15-33-38)16-4-7-19(8-5-16)42-26-31-13-18(14-32-26)34-25(39)35-21-9-6-17(27(28,29)30)12-22(21)43(3,40)41/h4-15H,1-3H3,(H2,34,35,39). The van der Waals surface area contributed by atoms with Crippen LogP contribution in [0.1, 0.15) is 5.56 Å². The van der Waals surface area contributed by atoms with Crippen molar-refractivity contribution in [2.24, 2.45) is 0 Å². The summed E-state index contributed by atoms with van der Waals surface area (Å²) in [5, 5.41) is 8.98. The van der Waals surface area contributed by atoms with E-state index < -0.39 is 32.5 Å². The lowest BCUT2D eigenvalue weighted by Gasteiger charge is -2.14. The number of aromatic nitrogens is 5. The molecule has 0 aliphatic rings. The van der Waals surface area contributed by atoms with Crippen LogP contribution < -0.4 is 20.3 Å². The molecule has 0 unspecified atom stereocenters. The van der Waals surface area contributed by atoms with Crippen LogP contribution in [0.3, 0.4) is 0 Å². The molecule has 0 spiro atoms. The number of fused-ring (bicyclic) bond motifs is 1. The number of carbonyl (C=O) groups is 1. The van der Waals surface area contributed by atoms with Crippen LogP contribution in [-0.4, -0.2) is 59.4 Å². The lowest BCUT2D eigenvalue weighted by atomic mass is 10.1. The summed E-state index contributed by atoms with van der Waals surface area (Å²) < 4.78 is 70.6. The average Bonchev–Trinajstić information content (AvgIpc) is 3.37. The highest BCUT2D eigenvalue weighted by molar-refractivity contribution is 7.90. The molecule has 3 heterocycles. The van der Waals surface area contributed by atoms with Crippen molar-refractivity contribution in [3.05, 3.63) is 78.9 Å². The molecule has 2 aromatic carbocycles. The maximum atomic E-state index is 13.0. The van der Waals surface area contributed by atoms with E-state index >= 15 is 0 Å². The molecule has 0 saturated heterocycles. The van der Waals surface area contributed by atoms with Gasteiger partial charge >= 0.3 is 18.2 Å². The van der Waals surface area contributed by atoms with Gasteiger partial charge in [-0.3, -0.25) is 0 Å². The topological polar surface area (TPSA) is 144 Å². The van der Waals surface area contributed by atoms with Gasteiger partial charge in [-0.15, -0.1) is 0 Å². The quantitative estimate of drug-likeness (QED) is 0.256. The van der Waals surface area contributed by atoms with Crippen molar-refractivity contribution in [2.75, 3.05) is 35.9 Å². The Kier molecular flexibility index (Phi) is 7.62. The summed E-state index contributed by atoms with van der Waals surface area (Å²) in [6.07, 6.45) is 2.03. The molecule has 0 atom stereocenters. The lowest BCUT2D eigenvalue weighted by molar-refractivity contribution is -0.137. The van der Waals surface area contributed by atoms with E-state index in [-0.39, 0.29) is 17.4 Å². The number of rotatable bonds is 7. The maximum absolute atomic E-state index is 13.0. The minimum absolute atomic E-state index is 0.0194. The Labute approximate surface area is 243 Å². The van der Waals surface area contributed by atoms with Crippen molar-refractivity contribution in [1.29, 1.82) is 0 Å². The zero-order chi connectivity index (χ0) is 30.9. The fraction of sp³-hybridized carbons (Fsp3) is 0.148. The molecule has 5 aromatic rings. The summed E-state index contributed by atoms with van der Waals surface area (Å²) in [7, 11) is -0.287. The highest BCUT2D eigenvalue weighted by Gasteiger charge is 2.32. The van der Waals surface area contributed by atoms with Crippen molar-refractivity contribution >= 4 is 38.7 Å². The molecule has 0 saturated carbocycles. The van der Waals surface area contributed by atoms with E-state index in [1.807, 2.05) is 43.4 Å². The third-order valence-electron chi connectivity index (χ3n) is 6.03. The Morgan fingerprint density at radius 3 is 2.30 bits per heavy atom. The smallest absolute Gasteiger partial charge is 0.416 e. The third-order valence-corrected chi connectivity index (χ3v) is 7.17. The average molecular weight is 613 g/mol. The molecule has 12 nitrogen and oxygen atoms in total. The molecule has 3 aromatic heterocycles. The Morgan fingerprint density at radius 1 is 0.977 bits per heavy atom. The summed E-state index contributed by atoms with van der Waals surface area (Å²) in [4.78, 5) is 26.4. The van der Waals surface area contributed by atoms with E-state index in [2.05, 4.69) is 30.7 Å². The van der Waals surface area contributed by atoms with E-state index in [1.165, 1.54) is 12.4 Å². The number of nitrogens with one attached hydrogen (secondary N) is 2. The molecule has 16 heteroatoms. The SMILES string of the molecule is CN(C)c1ccn2ncc(-c3ccc(Oc4ncc(NC(=O)Nc5ccc(C(F)(F)F)cc5S(C)(=O)=O)cn4)cc3)c2n1. The minimum atomic E-state index is -4.76. The van der Waals surface area contributed by atoms with Crippen LogP contribution >= 0.6 is 0 Å². The number of carbonyl (C=O) groups excluding carboxylic acids is 1. The number of alkyl halides is 3. The second-order valence-electron chi connectivity index (χ2n) is 9.45. The van der Waals surface area contributed by atoms with Gasteiger partial charge in [0, 0.05) is 32.1 Å². The summed E-state index contributed by atoms with van der Waals surface area (Å²) in [6.45, 7) is 0. The van der Waals surface area contributed by atoms with Gasteiger partial charge in [-0.25, -0.2) is 32.7 Å². The fourth-order valence-corrected chi connectivity index (χ4v) is 4.81. The first-order valence-corrected chi connectivity index (χ1v) is 14.3. The van der Waals surface area contributed by atoms with Gasteiger partial charge in [0.1, 0.15) is 11.6 Å². The maximum Gasteiger partial charge on any atom is 0.416 e. The Balaban J connectivity index is 1.24. The molecule has 222 valence electrons. The van der Waals surface area contributed by atoms with Crippen LogP contribution in [0.5, 0.6) is 11.8 Å². The number of urea groups is 1. The Morgan fingerprint density at radius 2 is 1.67 bits per heavy atom. The van der Waals surface area contributed by atoms with Gasteiger partial charge in [0.2, 0.25) is 0 Å². The number of nitrogens with zero attached hydrogens (tertiary/aromatic N) is 6. The van der Waals surface area contributed by atoms with Crippen LogP contribution in [0.15, 0.2) is 78.2 Å². The van der Waals surface area contributed by atoms with Crippen molar-refractivity contribution < 1.29 is 31.1 Å².